The van der Waals surface area contributed by atoms with Gasteiger partial charge in [0.2, 0.25) is 10.0 Å². The third-order valence-electron chi connectivity index (χ3n) is 4.97. The molecule has 0 radical (unpaired) electrons. The predicted octanol–water partition coefficient (Wildman–Crippen LogP) is 3.96. The van der Waals surface area contributed by atoms with E-state index in [2.05, 4.69) is 4.90 Å². The molecule has 1 aliphatic heterocycles. The fourth-order valence-electron chi connectivity index (χ4n) is 3.36. The number of anilines is 1. The first kappa shape index (κ1) is 21.7. The highest BCUT2D eigenvalue weighted by molar-refractivity contribution is 7.89. The number of hydrogen-bond acceptors (Lipinski definition) is 5. The Hall–Kier alpha value is -1.96. The minimum Gasteiger partial charge on any atom is -0.495 e. The van der Waals surface area contributed by atoms with E-state index >= 15 is 0 Å². The number of ether oxygens (including phenoxy) is 2. The van der Waals surface area contributed by atoms with Gasteiger partial charge in [0.1, 0.15) is 16.4 Å². The second-order valence-electron chi connectivity index (χ2n) is 6.96. The minimum absolute atomic E-state index is 0.132. The van der Waals surface area contributed by atoms with Gasteiger partial charge in [-0.15, -0.1) is 0 Å². The lowest BCUT2D eigenvalue weighted by Crippen LogP contribution is -2.48. The van der Waals surface area contributed by atoms with Crippen LogP contribution >= 0.6 is 11.6 Å². The quantitative estimate of drug-likeness (QED) is 0.654. The maximum atomic E-state index is 13.3. The van der Waals surface area contributed by atoms with Crippen LogP contribution in [0.5, 0.6) is 11.5 Å². The average molecular weight is 439 g/mol. The summed E-state index contributed by atoms with van der Waals surface area (Å²) in [6.07, 6.45) is 0.790. The Bertz CT molecular complexity index is 957. The Morgan fingerprint density at radius 3 is 2.41 bits per heavy atom. The molecule has 0 amide bonds. The van der Waals surface area contributed by atoms with E-state index in [1.807, 2.05) is 38.1 Å². The third-order valence-corrected chi connectivity index (χ3v) is 7.30. The Kier molecular flexibility index (Phi) is 6.93. The summed E-state index contributed by atoms with van der Waals surface area (Å²) in [5.74, 6) is 1.14. The molecule has 6 nitrogen and oxygen atoms in total. The topological polar surface area (TPSA) is 59.1 Å². The van der Waals surface area contributed by atoms with Crippen LogP contribution in [0.15, 0.2) is 41.3 Å². The number of piperazine rings is 1. The van der Waals surface area contributed by atoms with E-state index in [-0.39, 0.29) is 4.90 Å². The lowest BCUT2D eigenvalue weighted by Gasteiger charge is -2.36. The van der Waals surface area contributed by atoms with Crippen LogP contribution in [0.3, 0.4) is 0 Å². The van der Waals surface area contributed by atoms with Gasteiger partial charge in [-0.05, 0) is 43.2 Å². The average Bonchev–Trinajstić information content (AvgIpc) is 2.74. The van der Waals surface area contributed by atoms with E-state index in [0.717, 1.165) is 23.4 Å². The molecule has 0 atom stereocenters. The standard InChI is InChI=1S/C21H27ClN2O4S/c1-4-13-28-20-14-16(2)17(22)15-21(20)29(25,26)24-11-9-23(10-12-24)18-7-5-6-8-19(18)27-3/h5-8,14-15H,4,9-13H2,1-3H3. The molecule has 1 aliphatic rings. The highest BCUT2D eigenvalue weighted by Crippen LogP contribution is 2.34. The molecule has 1 fully saturated rings. The smallest absolute Gasteiger partial charge is 0.246 e. The lowest BCUT2D eigenvalue weighted by molar-refractivity contribution is 0.306. The molecule has 29 heavy (non-hydrogen) atoms. The summed E-state index contributed by atoms with van der Waals surface area (Å²) in [6, 6.07) is 11.0. The van der Waals surface area contributed by atoms with E-state index in [9.17, 15) is 8.42 Å². The second-order valence-corrected chi connectivity index (χ2v) is 9.27. The van der Waals surface area contributed by atoms with E-state index in [4.69, 9.17) is 21.1 Å². The largest absolute Gasteiger partial charge is 0.495 e. The summed E-state index contributed by atoms with van der Waals surface area (Å²) >= 11 is 6.24. The van der Waals surface area contributed by atoms with Crippen molar-refractivity contribution in [1.82, 2.24) is 4.31 Å². The van der Waals surface area contributed by atoms with Crippen molar-refractivity contribution in [2.45, 2.75) is 25.2 Å². The summed E-state index contributed by atoms with van der Waals surface area (Å²) in [4.78, 5) is 2.27. The molecular formula is C21H27ClN2O4S. The summed E-state index contributed by atoms with van der Waals surface area (Å²) < 4.78 is 39.4. The van der Waals surface area contributed by atoms with Crippen molar-refractivity contribution >= 4 is 27.3 Å². The summed E-state index contributed by atoms with van der Waals surface area (Å²) in [5, 5.41) is 0.417. The molecule has 1 saturated heterocycles. The zero-order chi connectivity index (χ0) is 21.0. The first-order valence-corrected chi connectivity index (χ1v) is 11.5. The van der Waals surface area contributed by atoms with Crippen LogP contribution in [0.1, 0.15) is 18.9 Å². The molecule has 0 aliphatic carbocycles. The molecule has 2 aromatic carbocycles. The van der Waals surface area contributed by atoms with Gasteiger partial charge >= 0.3 is 0 Å². The van der Waals surface area contributed by atoms with E-state index in [0.29, 0.717) is 43.6 Å². The lowest BCUT2D eigenvalue weighted by atomic mass is 10.2. The number of sulfonamides is 1. The minimum atomic E-state index is -3.72. The Morgan fingerprint density at radius 2 is 1.76 bits per heavy atom. The SMILES string of the molecule is CCCOc1cc(C)c(Cl)cc1S(=O)(=O)N1CCN(c2ccccc2OC)CC1. The molecule has 0 aromatic heterocycles. The van der Waals surface area contributed by atoms with Crippen LogP contribution in [-0.4, -0.2) is 52.6 Å². The molecule has 158 valence electrons. The van der Waals surface area contributed by atoms with Gasteiger partial charge < -0.3 is 14.4 Å². The molecule has 0 spiro atoms. The Labute approximate surface area is 178 Å². The van der Waals surface area contributed by atoms with Crippen molar-refractivity contribution < 1.29 is 17.9 Å². The Balaban J connectivity index is 1.82. The molecule has 3 rings (SSSR count). The molecule has 1 heterocycles. The Morgan fingerprint density at radius 1 is 1.07 bits per heavy atom. The molecule has 8 heteroatoms. The van der Waals surface area contributed by atoms with Crippen molar-refractivity contribution in [3.63, 3.8) is 0 Å². The molecule has 0 unspecified atom stereocenters. The number of aryl methyl sites for hydroxylation is 1. The summed E-state index contributed by atoms with van der Waals surface area (Å²) in [6.45, 7) is 6.16. The van der Waals surface area contributed by atoms with E-state index < -0.39 is 10.0 Å². The van der Waals surface area contributed by atoms with Crippen LogP contribution in [0.25, 0.3) is 0 Å². The number of methoxy groups -OCH3 is 1. The van der Waals surface area contributed by atoms with Crippen molar-refractivity contribution in [3.8, 4) is 11.5 Å². The van der Waals surface area contributed by atoms with Crippen molar-refractivity contribution in [3.05, 3.63) is 47.0 Å². The zero-order valence-electron chi connectivity index (χ0n) is 17.0. The summed E-state index contributed by atoms with van der Waals surface area (Å²) in [5.41, 5.74) is 1.76. The number of nitrogens with zero attached hydrogens (tertiary/aromatic N) is 2. The maximum absolute atomic E-state index is 13.3. The van der Waals surface area contributed by atoms with Crippen LogP contribution in [0.2, 0.25) is 5.02 Å². The van der Waals surface area contributed by atoms with Crippen LogP contribution in [0.4, 0.5) is 5.69 Å². The second kappa shape index (κ2) is 9.24. The fraction of sp³-hybridized carbons (Fsp3) is 0.429. The third kappa shape index (κ3) is 4.63. The van der Waals surface area contributed by atoms with Gasteiger partial charge in [-0.2, -0.15) is 4.31 Å². The van der Waals surface area contributed by atoms with Crippen molar-refractivity contribution in [2.24, 2.45) is 0 Å². The fourth-order valence-corrected chi connectivity index (χ4v) is 5.15. The van der Waals surface area contributed by atoms with Gasteiger partial charge in [-0.3, -0.25) is 0 Å². The molecule has 0 N–H and O–H groups in total. The first-order valence-electron chi connectivity index (χ1n) is 9.69. The van der Waals surface area contributed by atoms with Gasteiger partial charge in [-0.1, -0.05) is 30.7 Å². The van der Waals surface area contributed by atoms with Gasteiger partial charge in [-0.25, -0.2) is 8.42 Å². The number of benzene rings is 2. The van der Waals surface area contributed by atoms with E-state index in [1.54, 1.807) is 13.2 Å². The highest BCUT2D eigenvalue weighted by Gasteiger charge is 2.32. The predicted molar refractivity (Wildman–Crippen MR) is 116 cm³/mol. The number of rotatable bonds is 7. The molecule has 2 aromatic rings. The first-order chi connectivity index (χ1) is 13.9. The number of hydrogen-bond donors (Lipinski definition) is 0. The molecule has 0 saturated carbocycles. The normalized spacial score (nSPS) is 15.4. The number of halogens is 1. The van der Waals surface area contributed by atoms with Crippen molar-refractivity contribution in [2.75, 3.05) is 44.8 Å². The molecular weight excluding hydrogens is 412 g/mol. The molecule has 0 bridgehead atoms. The van der Waals surface area contributed by atoms with Gasteiger partial charge in [0.05, 0.1) is 19.4 Å². The highest BCUT2D eigenvalue weighted by atomic mass is 35.5. The van der Waals surface area contributed by atoms with Crippen LogP contribution < -0.4 is 14.4 Å². The van der Waals surface area contributed by atoms with Crippen LogP contribution in [-0.2, 0) is 10.0 Å². The van der Waals surface area contributed by atoms with Gasteiger partial charge in [0.25, 0.3) is 0 Å². The maximum Gasteiger partial charge on any atom is 0.246 e. The van der Waals surface area contributed by atoms with E-state index in [1.165, 1.54) is 10.4 Å². The van der Waals surface area contributed by atoms with Crippen LogP contribution in [0, 0.1) is 6.92 Å². The monoisotopic (exact) mass is 438 g/mol. The van der Waals surface area contributed by atoms with Gasteiger partial charge in [0, 0.05) is 31.2 Å². The van der Waals surface area contributed by atoms with Gasteiger partial charge in [0.15, 0.2) is 0 Å². The summed E-state index contributed by atoms with van der Waals surface area (Å²) in [7, 11) is -2.08. The zero-order valence-corrected chi connectivity index (χ0v) is 18.6. The number of para-hydroxylation sites is 2. The van der Waals surface area contributed by atoms with Crippen molar-refractivity contribution in [1.29, 1.82) is 0 Å².